The van der Waals surface area contributed by atoms with E-state index in [4.69, 9.17) is 0 Å². The van der Waals surface area contributed by atoms with E-state index in [-0.39, 0.29) is 17.5 Å². The van der Waals surface area contributed by atoms with Crippen molar-refractivity contribution in [1.29, 1.82) is 0 Å². The summed E-state index contributed by atoms with van der Waals surface area (Å²) in [7, 11) is -1.88. The summed E-state index contributed by atoms with van der Waals surface area (Å²) in [4.78, 5) is 18.3. The quantitative estimate of drug-likeness (QED) is 0.747. The van der Waals surface area contributed by atoms with Crippen molar-refractivity contribution in [2.24, 2.45) is 7.05 Å². The number of aromatic nitrogens is 2. The van der Waals surface area contributed by atoms with E-state index in [2.05, 4.69) is 4.98 Å². The maximum atomic E-state index is 12.8. The molecule has 0 saturated carbocycles. The highest BCUT2D eigenvalue weighted by Crippen LogP contribution is 2.17. The molecule has 0 unspecified atom stereocenters. The summed E-state index contributed by atoms with van der Waals surface area (Å²) >= 11 is 0. The van der Waals surface area contributed by atoms with E-state index in [1.54, 1.807) is 35.6 Å². The highest BCUT2D eigenvalue weighted by Gasteiger charge is 2.29. The summed E-state index contributed by atoms with van der Waals surface area (Å²) in [5.41, 5.74) is 0.954. The number of rotatable bonds is 4. The third kappa shape index (κ3) is 4.45. The van der Waals surface area contributed by atoms with Crippen LogP contribution in [0.25, 0.3) is 6.08 Å². The van der Waals surface area contributed by atoms with Crippen molar-refractivity contribution in [3.05, 3.63) is 54.0 Å². The van der Waals surface area contributed by atoms with Gasteiger partial charge in [-0.25, -0.2) is 13.4 Å². The van der Waals surface area contributed by atoms with E-state index in [0.29, 0.717) is 31.9 Å². The molecule has 0 aliphatic carbocycles. The molecule has 3 rings (SSSR count). The van der Waals surface area contributed by atoms with Crippen molar-refractivity contribution in [3.63, 3.8) is 0 Å². The number of sulfonamides is 1. The Morgan fingerprint density at radius 3 is 2.52 bits per heavy atom. The lowest BCUT2D eigenvalue weighted by Gasteiger charge is -2.20. The van der Waals surface area contributed by atoms with E-state index in [9.17, 15) is 13.2 Å². The van der Waals surface area contributed by atoms with Gasteiger partial charge in [0.05, 0.1) is 0 Å². The van der Waals surface area contributed by atoms with Crippen LogP contribution in [0.1, 0.15) is 17.8 Å². The summed E-state index contributed by atoms with van der Waals surface area (Å²) in [5.74, 6) is 0.540. The van der Waals surface area contributed by atoms with E-state index in [1.807, 2.05) is 30.3 Å². The molecule has 1 aromatic carbocycles. The minimum absolute atomic E-state index is 0.0613. The molecule has 1 fully saturated rings. The minimum atomic E-state index is -3.65. The van der Waals surface area contributed by atoms with E-state index < -0.39 is 10.0 Å². The molecular formula is C19H24N4O3S. The smallest absolute Gasteiger partial charge is 0.262 e. The number of amides is 1. The predicted octanol–water partition coefficient (Wildman–Crippen LogP) is 1.66. The van der Waals surface area contributed by atoms with Crippen LogP contribution < -0.4 is 0 Å². The number of nitrogens with zero attached hydrogens (tertiary/aromatic N) is 4. The van der Waals surface area contributed by atoms with Gasteiger partial charge in [0.25, 0.3) is 10.0 Å². The second kappa shape index (κ2) is 8.06. The fourth-order valence-corrected chi connectivity index (χ4v) is 4.47. The lowest BCUT2D eigenvalue weighted by molar-refractivity contribution is -0.125. The maximum absolute atomic E-state index is 12.8. The molecule has 2 heterocycles. The van der Waals surface area contributed by atoms with Crippen molar-refractivity contribution in [2.75, 3.05) is 26.2 Å². The van der Waals surface area contributed by atoms with Gasteiger partial charge in [0.2, 0.25) is 5.91 Å². The van der Waals surface area contributed by atoms with Crippen LogP contribution in [0, 0.1) is 6.92 Å². The van der Waals surface area contributed by atoms with Gasteiger partial charge in [-0.1, -0.05) is 30.3 Å². The monoisotopic (exact) mass is 388 g/mol. The molecule has 1 aliphatic heterocycles. The number of carbonyl (C=O) groups is 1. The topological polar surface area (TPSA) is 75.5 Å². The number of hydrogen-bond acceptors (Lipinski definition) is 4. The standard InChI is InChI=1S/C19H24N4O3S/c1-16-20-18(15-21(16)2)27(25,26)23-12-6-11-22(13-14-23)19(24)10-9-17-7-4-3-5-8-17/h3-5,7-10,15H,6,11-14H2,1-2H3. The predicted molar refractivity (Wildman–Crippen MR) is 103 cm³/mol. The zero-order valence-corrected chi connectivity index (χ0v) is 16.4. The third-order valence-electron chi connectivity index (χ3n) is 4.68. The van der Waals surface area contributed by atoms with Crippen molar-refractivity contribution >= 4 is 22.0 Å². The molecule has 1 aromatic heterocycles. The highest BCUT2D eigenvalue weighted by atomic mass is 32.2. The molecule has 1 amide bonds. The first-order valence-electron chi connectivity index (χ1n) is 8.90. The molecule has 7 nitrogen and oxygen atoms in total. The van der Waals surface area contributed by atoms with Crippen molar-refractivity contribution in [3.8, 4) is 0 Å². The summed E-state index contributed by atoms with van der Waals surface area (Å²) in [6, 6.07) is 9.60. The normalized spacial score (nSPS) is 16.6. The van der Waals surface area contributed by atoms with Gasteiger partial charge in [-0.3, -0.25) is 4.79 Å². The maximum Gasteiger partial charge on any atom is 0.262 e. The SMILES string of the molecule is Cc1nc(S(=O)(=O)N2CCCN(C(=O)C=Cc3ccccc3)CC2)cn1C. The van der Waals surface area contributed by atoms with Crippen molar-refractivity contribution < 1.29 is 13.2 Å². The highest BCUT2D eigenvalue weighted by molar-refractivity contribution is 7.89. The second-order valence-corrected chi connectivity index (χ2v) is 8.45. The van der Waals surface area contributed by atoms with Gasteiger partial charge in [0.1, 0.15) is 5.82 Å². The number of imidazole rings is 1. The molecule has 0 spiro atoms. The summed E-state index contributed by atoms with van der Waals surface area (Å²) in [6.07, 6.45) is 5.44. The average Bonchev–Trinajstić information content (AvgIpc) is 2.87. The number of hydrogen-bond donors (Lipinski definition) is 0. The van der Waals surface area contributed by atoms with Crippen LogP contribution in [0.3, 0.4) is 0 Å². The van der Waals surface area contributed by atoms with Gasteiger partial charge in [0.15, 0.2) is 5.03 Å². The summed E-state index contributed by atoms with van der Waals surface area (Å²) in [6.45, 7) is 3.31. The molecule has 0 atom stereocenters. The Labute approximate surface area is 160 Å². The van der Waals surface area contributed by atoms with Crippen LogP contribution in [0.5, 0.6) is 0 Å². The van der Waals surface area contributed by atoms with Crippen LogP contribution in [-0.2, 0) is 21.9 Å². The van der Waals surface area contributed by atoms with Gasteiger partial charge in [-0.15, -0.1) is 0 Å². The Kier molecular flexibility index (Phi) is 5.76. The van der Waals surface area contributed by atoms with Gasteiger partial charge in [0, 0.05) is 45.5 Å². The van der Waals surface area contributed by atoms with Gasteiger partial charge < -0.3 is 9.47 Å². The number of aryl methyl sites for hydroxylation is 2. The minimum Gasteiger partial charge on any atom is -0.338 e. The van der Waals surface area contributed by atoms with Crippen molar-refractivity contribution in [1.82, 2.24) is 18.8 Å². The Balaban J connectivity index is 1.66. The lowest BCUT2D eigenvalue weighted by Crippen LogP contribution is -2.36. The molecular weight excluding hydrogens is 364 g/mol. The summed E-state index contributed by atoms with van der Waals surface area (Å²) in [5, 5.41) is 0.0613. The zero-order chi connectivity index (χ0) is 19.4. The van der Waals surface area contributed by atoms with Crippen LogP contribution in [0.2, 0.25) is 0 Å². The van der Waals surface area contributed by atoms with Crippen LogP contribution in [0.4, 0.5) is 0 Å². The zero-order valence-electron chi connectivity index (χ0n) is 15.6. The van der Waals surface area contributed by atoms with E-state index in [1.165, 1.54) is 10.5 Å². The first kappa shape index (κ1) is 19.3. The van der Waals surface area contributed by atoms with E-state index >= 15 is 0 Å². The van der Waals surface area contributed by atoms with Gasteiger partial charge in [-0.05, 0) is 25.0 Å². The Hall–Kier alpha value is -2.45. The van der Waals surface area contributed by atoms with Gasteiger partial charge in [-0.2, -0.15) is 4.31 Å². The molecule has 0 bridgehead atoms. The molecule has 0 N–H and O–H groups in total. The first-order chi connectivity index (χ1) is 12.9. The largest absolute Gasteiger partial charge is 0.338 e. The molecule has 8 heteroatoms. The van der Waals surface area contributed by atoms with Crippen LogP contribution >= 0.6 is 0 Å². The fourth-order valence-electron chi connectivity index (χ4n) is 2.97. The van der Waals surface area contributed by atoms with Crippen LogP contribution in [0.15, 0.2) is 47.6 Å². The van der Waals surface area contributed by atoms with E-state index in [0.717, 1.165) is 5.56 Å². The molecule has 27 heavy (non-hydrogen) atoms. The molecule has 2 aromatic rings. The van der Waals surface area contributed by atoms with Crippen molar-refractivity contribution in [2.45, 2.75) is 18.4 Å². The molecule has 0 radical (unpaired) electrons. The Morgan fingerprint density at radius 1 is 1.11 bits per heavy atom. The van der Waals surface area contributed by atoms with Crippen LogP contribution in [-0.4, -0.2) is 59.3 Å². The molecule has 1 aliphatic rings. The first-order valence-corrected chi connectivity index (χ1v) is 10.3. The third-order valence-corrected chi connectivity index (χ3v) is 6.45. The Bertz CT molecular complexity index is 916. The number of carbonyl (C=O) groups excluding carboxylic acids is 1. The Morgan fingerprint density at radius 2 is 1.85 bits per heavy atom. The van der Waals surface area contributed by atoms with Gasteiger partial charge >= 0.3 is 0 Å². The molecule has 1 saturated heterocycles. The second-order valence-electron chi connectivity index (χ2n) is 6.56. The average molecular weight is 388 g/mol. The molecule has 144 valence electrons. The lowest BCUT2D eigenvalue weighted by atomic mass is 10.2. The summed E-state index contributed by atoms with van der Waals surface area (Å²) < 4.78 is 28.8. The number of benzene rings is 1. The fraction of sp³-hybridized carbons (Fsp3) is 0.368.